The highest BCUT2D eigenvalue weighted by molar-refractivity contribution is 5.79. The van der Waals surface area contributed by atoms with E-state index < -0.39 is 0 Å². The van der Waals surface area contributed by atoms with Crippen LogP contribution in [0.25, 0.3) is 11.5 Å². The van der Waals surface area contributed by atoms with Crippen LogP contribution >= 0.6 is 0 Å². The lowest BCUT2D eigenvalue weighted by molar-refractivity contribution is 0.353. The molecule has 0 amide bonds. The van der Waals surface area contributed by atoms with Crippen LogP contribution in [-0.2, 0) is 13.1 Å². The number of aliphatic imine (C=N–C) groups is 1. The molecule has 30 heavy (non-hydrogen) atoms. The van der Waals surface area contributed by atoms with Gasteiger partial charge < -0.3 is 24.1 Å². The van der Waals surface area contributed by atoms with E-state index in [0.29, 0.717) is 24.7 Å². The normalized spacial score (nSPS) is 11.3. The number of ether oxygens (including phenoxy) is 2. The second-order valence-electron chi connectivity index (χ2n) is 6.90. The van der Waals surface area contributed by atoms with Crippen LogP contribution in [0.2, 0.25) is 0 Å². The van der Waals surface area contributed by atoms with Crippen LogP contribution in [0.1, 0.15) is 16.8 Å². The fourth-order valence-corrected chi connectivity index (χ4v) is 3.18. The van der Waals surface area contributed by atoms with Crippen molar-refractivity contribution in [1.82, 2.24) is 15.2 Å². The lowest BCUT2D eigenvalue weighted by atomic mass is 10.1. The van der Waals surface area contributed by atoms with Gasteiger partial charge in [0.15, 0.2) is 17.5 Å². The largest absolute Gasteiger partial charge is 0.493 e. The molecule has 0 aliphatic rings. The second kappa shape index (κ2) is 9.82. The maximum absolute atomic E-state index is 5.61. The first-order valence-electron chi connectivity index (χ1n) is 9.68. The number of nitrogens with zero attached hydrogens (tertiary/aromatic N) is 3. The van der Waals surface area contributed by atoms with E-state index in [1.54, 1.807) is 27.5 Å². The zero-order chi connectivity index (χ0) is 21.5. The van der Waals surface area contributed by atoms with Crippen LogP contribution in [-0.4, -0.2) is 44.2 Å². The van der Waals surface area contributed by atoms with Gasteiger partial charge in [-0.15, -0.1) is 0 Å². The Bertz CT molecular complexity index is 999. The number of benzene rings is 2. The lowest BCUT2D eigenvalue weighted by Gasteiger charge is -2.23. The molecule has 1 aromatic heterocycles. The summed E-state index contributed by atoms with van der Waals surface area (Å²) in [5.41, 5.74) is 4.02. The quantitative estimate of drug-likeness (QED) is 0.473. The van der Waals surface area contributed by atoms with Gasteiger partial charge in [0.2, 0.25) is 5.89 Å². The molecule has 7 nitrogen and oxygen atoms in total. The van der Waals surface area contributed by atoms with Crippen molar-refractivity contribution >= 4 is 5.96 Å². The highest BCUT2D eigenvalue weighted by atomic mass is 16.5. The Morgan fingerprint density at radius 2 is 1.83 bits per heavy atom. The average Bonchev–Trinajstić information content (AvgIpc) is 3.25. The van der Waals surface area contributed by atoms with E-state index in [0.717, 1.165) is 34.1 Å². The number of hydrogen-bond donors (Lipinski definition) is 1. The molecular formula is C23H28N4O3. The van der Waals surface area contributed by atoms with Crippen LogP contribution < -0.4 is 14.8 Å². The fraction of sp³-hybridized carbons (Fsp3) is 0.304. The molecule has 2 aromatic carbocycles. The molecule has 0 bridgehead atoms. The van der Waals surface area contributed by atoms with E-state index in [1.165, 1.54) is 0 Å². The van der Waals surface area contributed by atoms with Gasteiger partial charge in [-0.2, -0.15) is 0 Å². The number of methoxy groups -OCH3 is 2. The number of aryl methyl sites for hydroxylation is 1. The topological polar surface area (TPSA) is 72.1 Å². The summed E-state index contributed by atoms with van der Waals surface area (Å²) >= 11 is 0. The highest BCUT2D eigenvalue weighted by Gasteiger charge is 2.13. The van der Waals surface area contributed by atoms with Crippen molar-refractivity contribution < 1.29 is 13.9 Å². The zero-order valence-electron chi connectivity index (χ0n) is 18.1. The third-order valence-electron chi connectivity index (χ3n) is 4.82. The minimum absolute atomic E-state index is 0.512. The number of nitrogens with one attached hydrogen (secondary N) is 1. The van der Waals surface area contributed by atoms with Crippen molar-refractivity contribution in [3.8, 4) is 23.0 Å². The average molecular weight is 409 g/mol. The molecular weight excluding hydrogens is 380 g/mol. The Hall–Kier alpha value is -3.48. The first-order valence-corrected chi connectivity index (χ1v) is 9.68. The number of aromatic nitrogens is 1. The SMILES string of the molecule is CN=C(NCc1coc(-c2ccccc2)n1)N(C)Cc1cc(OC)c(OC)cc1C. The minimum atomic E-state index is 0.512. The summed E-state index contributed by atoms with van der Waals surface area (Å²) in [5, 5.41) is 3.34. The standard InChI is InChI=1S/C23H28N4O3/c1-16-11-20(28-4)21(29-5)12-18(16)14-27(3)23(24-2)25-13-19-15-30-22(26-19)17-9-7-6-8-10-17/h6-12,15H,13-14H2,1-5H3,(H,24,25). The third-order valence-corrected chi connectivity index (χ3v) is 4.82. The van der Waals surface area contributed by atoms with Crippen molar-refractivity contribution in [2.45, 2.75) is 20.0 Å². The Morgan fingerprint density at radius 3 is 2.50 bits per heavy atom. The molecule has 3 rings (SSSR count). The number of guanidine groups is 1. The van der Waals surface area contributed by atoms with Gasteiger partial charge in [0.1, 0.15) is 6.26 Å². The molecule has 1 heterocycles. The molecule has 7 heteroatoms. The Balaban J connectivity index is 1.65. The Kier molecular flexibility index (Phi) is 6.95. The van der Waals surface area contributed by atoms with Gasteiger partial charge in [0.25, 0.3) is 0 Å². The molecule has 158 valence electrons. The van der Waals surface area contributed by atoms with E-state index >= 15 is 0 Å². The second-order valence-corrected chi connectivity index (χ2v) is 6.90. The van der Waals surface area contributed by atoms with Crippen LogP contribution in [0, 0.1) is 6.92 Å². The predicted molar refractivity (Wildman–Crippen MR) is 118 cm³/mol. The molecule has 0 aliphatic carbocycles. The number of hydrogen-bond acceptors (Lipinski definition) is 5. The zero-order valence-corrected chi connectivity index (χ0v) is 18.1. The van der Waals surface area contributed by atoms with Crippen molar-refractivity contribution in [2.75, 3.05) is 28.3 Å². The predicted octanol–water partition coefficient (Wildman–Crippen LogP) is 3.87. The van der Waals surface area contributed by atoms with E-state index in [-0.39, 0.29) is 0 Å². The van der Waals surface area contributed by atoms with Crippen molar-refractivity contribution in [1.29, 1.82) is 0 Å². The number of rotatable bonds is 7. The molecule has 0 unspecified atom stereocenters. The van der Waals surface area contributed by atoms with Gasteiger partial charge in [0, 0.05) is 26.2 Å². The first-order chi connectivity index (χ1) is 14.5. The molecule has 0 saturated carbocycles. The first kappa shape index (κ1) is 21.2. The van der Waals surface area contributed by atoms with E-state index in [4.69, 9.17) is 13.9 Å². The van der Waals surface area contributed by atoms with Gasteiger partial charge in [0.05, 0.1) is 26.5 Å². The molecule has 0 atom stereocenters. The third kappa shape index (κ3) is 4.92. The number of oxazole rings is 1. The molecule has 0 radical (unpaired) electrons. The van der Waals surface area contributed by atoms with Crippen molar-refractivity contribution in [3.63, 3.8) is 0 Å². The molecule has 1 N–H and O–H groups in total. The van der Waals surface area contributed by atoms with E-state index in [9.17, 15) is 0 Å². The monoisotopic (exact) mass is 408 g/mol. The molecule has 0 spiro atoms. The summed E-state index contributed by atoms with van der Waals surface area (Å²) in [4.78, 5) is 11.0. The van der Waals surface area contributed by atoms with Crippen LogP contribution in [0.5, 0.6) is 11.5 Å². The lowest BCUT2D eigenvalue weighted by Crippen LogP contribution is -2.38. The van der Waals surface area contributed by atoms with Gasteiger partial charge in [-0.3, -0.25) is 4.99 Å². The Labute approximate surface area is 177 Å². The minimum Gasteiger partial charge on any atom is -0.493 e. The highest BCUT2D eigenvalue weighted by Crippen LogP contribution is 2.30. The smallest absolute Gasteiger partial charge is 0.226 e. The van der Waals surface area contributed by atoms with Gasteiger partial charge >= 0.3 is 0 Å². The van der Waals surface area contributed by atoms with E-state index in [1.807, 2.05) is 54.4 Å². The van der Waals surface area contributed by atoms with Gasteiger partial charge in [-0.05, 0) is 42.3 Å². The Morgan fingerprint density at radius 1 is 1.13 bits per heavy atom. The van der Waals surface area contributed by atoms with Crippen molar-refractivity contribution in [3.05, 3.63) is 65.5 Å². The van der Waals surface area contributed by atoms with Crippen LogP contribution in [0.15, 0.2) is 58.1 Å². The van der Waals surface area contributed by atoms with Crippen LogP contribution in [0.4, 0.5) is 0 Å². The van der Waals surface area contributed by atoms with Crippen LogP contribution in [0.3, 0.4) is 0 Å². The summed E-state index contributed by atoms with van der Waals surface area (Å²) in [6.07, 6.45) is 1.67. The summed E-state index contributed by atoms with van der Waals surface area (Å²) < 4.78 is 16.4. The summed E-state index contributed by atoms with van der Waals surface area (Å²) in [6.45, 7) is 3.24. The summed E-state index contributed by atoms with van der Waals surface area (Å²) in [5.74, 6) is 2.81. The van der Waals surface area contributed by atoms with E-state index in [2.05, 4.69) is 22.2 Å². The van der Waals surface area contributed by atoms with Crippen molar-refractivity contribution in [2.24, 2.45) is 4.99 Å². The molecule has 0 fully saturated rings. The fourth-order valence-electron chi connectivity index (χ4n) is 3.18. The van der Waals surface area contributed by atoms with Gasteiger partial charge in [-0.1, -0.05) is 18.2 Å². The summed E-state index contributed by atoms with van der Waals surface area (Å²) in [6, 6.07) is 13.8. The maximum atomic E-state index is 5.61. The molecule has 0 saturated heterocycles. The molecule has 0 aliphatic heterocycles. The molecule has 3 aromatic rings. The maximum Gasteiger partial charge on any atom is 0.226 e. The summed E-state index contributed by atoms with van der Waals surface area (Å²) in [7, 11) is 7.03. The van der Waals surface area contributed by atoms with Gasteiger partial charge in [-0.25, -0.2) is 4.98 Å².